The third-order valence-corrected chi connectivity index (χ3v) is 5.04. The summed E-state index contributed by atoms with van der Waals surface area (Å²) >= 11 is 12.1. The van der Waals surface area contributed by atoms with E-state index in [1.807, 2.05) is 25.1 Å². The molecule has 5 nitrogen and oxygen atoms in total. The third-order valence-electron chi connectivity index (χ3n) is 4.32. The summed E-state index contributed by atoms with van der Waals surface area (Å²) in [6.07, 6.45) is 0.126. The minimum Gasteiger partial charge on any atom is -0.326 e. The fraction of sp³-hybridized carbons (Fsp3) is 0.211. The SMILES string of the molecule is Cc1ccc(N2C[C@@H](C(=O)Nc3ccc(C#N)c(Cl)c3)CC2=O)cc1Cl. The van der Waals surface area contributed by atoms with Crippen molar-refractivity contribution in [3.05, 3.63) is 57.6 Å². The van der Waals surface area contributed by atoms with Crippen LogP contribution in [0.2, 0.25) is 10.0 Å². The highest BCUT2D eigenvalue weighted by Gasteiger charge is 2.35. The molecule has 1 atom stereocenters. The number of nitriles is 1. The number of benzene rings is 2. The monoisotopic (exact) mass is 387 g/mol. The molecule has 2 amide bonds. The van der Waals surface area contributed by atoms with E-state index in [4.69, 9.17) is 28.5 Å². The molecule has 0 radical (unpaired) electrons. The van der Waals surface area contributed by atoms with Gasteiger partial charge in [0.15, 0.2) is 0 Å². The molecule has 0 saturated carbocycles. The van der Waals surface area contributed by atoms with Crippen molar-refractivity contribution in [1.82, 2.24) is 0 Å². The van der Waals surface area contributed by atoms with E-state index in [2.05, 4.69) is 5.32 Å². The molecule has 1 saturated heterocycles. The molecule has 132 valence electrons. The van der Waals surface area contributed by atoms with E-state index in [1.165, 1.54) is 6.07 Å². The first-order valence-corrected chi connectivity index (χ1v) is 8.71. The molecule has 0 aromatic heterocycles. The van der Waals surface area contributed by atoms with Gasteiger partial charge in [0, 0.05) is 29.4 Å². The Morgan fingerprint density at radius 2 is 2.00 bits per heavy atom. The van der Waals surface area contributed by atoms with Gasteiger partial charge in [0.05, 0.1) is 16.5 Å². The maximum absolute atomic E-state index is 12.5. The van der Waals surface area contributed by atoms with Crippen molar-refractivity contribution in [1.29, 1.82) is 5.26 Å². The number of nitrogens with zero attached hydrogens (tertiary/aromatic N) is 2. The van der Waals surface area contributed by atoms with Gasteiger partial charge in [0.25, 0.3) is 0 Å². The van der Waals surface area contributed by atoms with Crippen molar-refractivity contribution in [2.24, 2.45) is 5.92 Å². The Morgan fingerprint density at radius 3 is 2.65 bits per heavy atom. The van der Waals surface area contributed by atoms with Crippen LogP contribution in [-0.2, 0) is 9.59 Å². The fourth-order valence-electron chi connectivity index (χ4n) is 2.81. The van der Waals surface area contributed by atoms with Crippen LogP contribution in [0, 0.1) is 24.2 Å². The fourth-order valence-corrected chi connectivity index (χ4v) is 3.21. The topological polar surface area (TPSA) is 73.2 Å². The second-order valence-corrected chi connectivity index (χ2v) is 6.95. The van der Waals surface area contributed by atoms with Crippen molar-refractivity contribution in [2.45, 2.75) is 13.3 Å². The quantitative estimate of drug-likeness (QED) is 0.858. The van der Waals surface area contributed by atoms with Crippen LogP contribution < -0.4 is 10.2 Å². The van der Waals surface area contributed by atoms with E-state index < -0.39 is 5.92 Å². The summed E-state index contributed by atoms with van der Waals surface area (Å²) < 4.78 is 0. The number of hydrogen-bond acceptors (Lipinski definition) is 3. The Hall–Kier alpha value is -2.55. The third kappa shape index (κ3) is 3.67. The number of carbonyl (C=O) groups excluding carboxylic acids is 2. The van der Waals surface area contributed by atoms with E-state index in [1.54, 1.807) is 23.1 Å². The lowest BCUT2D eigenvalue weighted by Gasteiger charge is -2.17. The highest BCUT2D eigenvalue weighted by molar-refractivity contribution is 6.32. The average Bonchev–Trinajstić information content (AvgIpc) is 2.99. The molecule has 0 aliphatic carbocycles. The van der Waals surface area contributed by atoms with Crippen LogP contribution in [0.4, 0.5) is 11.4 Å². The van der Waals surface area contributed by atoms with E-state index in [0.717, 1.165) is 5.56 Å². The molecule has 1 N–H and O–H groups in total. The van der Waals surface area contributed by atoms with Crippen molar-refractivity contribution >= 4 is 46.4 Å². The zero-order chi connectivity index (χ0) is 18.8. The molecule has 7 heteroatoms. The van der Waals surface area contributed by atoms with Crippen LogP contribution in [0.15, 0.2) is 36.4 Å². The van der Waals surface area contributed by atoms with Crippen LogP contribution in [-0.4, -0.2) is 18.4 Å². The molecule has 1 fully saturated rings. The van der Waals surface area contributed by atoms with Gasteiger partial charge in [-0.05, 0) is 42.8 Å². The first-order chi connectivity index (χ1) is 12.4. The molecule has 0 spiro atoms. The molecule has 3 rings (SSSR count). The van der Waals surface area contributed by atoms with Gasteiger partial charge in [-0.25, -0.2) is 0 Å². The van der Waals surface area contributed by atoms with Crippen LogP contribution in [0.3, 0.4) is 0 Å². The second kappa shape index (κ2) is 7.36. The number of carbonyl (C=O) groups is 2. The summed E-state index contributed by atoms with van der Waals surface area (Å²) in [7, 11) is 0. The van der Waals surface area contributed by atoms with Crippen LogP contribution >= 0.6 is 23.2 Å². The minimum absolute atomic E-state index is 0.122. The van der Waals surface area contributed by atoms with Gasteiger partial charge >= 0.3 is 0 Å². The van der Waals surface area contributed by atoms with Crippen LogP contribution in [0.1, 0.15) is 17.5 Å². The Balaban J connectivity index is 1.71. The normalized spacial score (nSPS) is 16.5. The Morgan fingerprint density at radius 1 is 1.23 bits per heavy atom. The Kier molecular flexibility index (Phi) is 5.17. The smallest absolute Gasteiger partial charge is 0.229 e. The molecular weight excluding hydrogens is 373 g/mol. The maximum Gasteiger partial charge on any atom is 0.229 e. The predicted molar refractivity (Wildman–Crippen MR) is 101 cm³/mol. The summed E-state index contributed by atoms with van der Waals surface area (Å²) in [5.74, 6) is -0.861. The van der Waals surface area contributed by atoms with Gasteiger partial charge in [-0.2, -0.15) is 5.26 Å². The minimum atomic E-state index is -0.475. The average molecular weight is 388 g/mol. The summed E-state index contributed by atoms with van der Waals surface area (Å²) in [6.45, 7) is 2.17. The van der Waals surface area contributed by atoms with Gasteiger partial charge in [0.2, 0.25) is 11.8 Å². The summed E-state index contributed by atoms with van der Waals surface area (Å²) in [5.41, 5.74) is 2.43. The zero-order valence-electron chi connectivity index (χ0n) is 13.9. The molecule has 26 heavy (non-hydrogen) atoms. The zero-order valence-corrected chi connectivity index (χ0v) is 15.4. The number of nitrogens with one attached hydrogen (secondary N) is 1. The van der Waals surface area contributed by atoms with E-state index in [9.17, 15) is 9.59 Å². The van der Waals surface area contributed by atoms with Gasteiger partial charge in [-0.15, -0.1) is 0 Å². The Labute approximate surface area is 161 Å². The van der Waals surface area contributed by atoms with Crippen LogP contribution in [0.25, 0.3) is 0 Å². The summed E-state index contributed by atoms with van der Waals surface area (Å²) in [6, 6.07) is 12.0. The van der Waals surface area contributed by atoms with Gasteiger partial charge in [-0.1, -0.05) is 29.3 Å². The lowest BCUT2D eigenvalue weighted by Crippen LogP contribution is -2.28. The molecule has 2 aromatic rings. The number of anilines is 2. The van der Waals surface area contributed by atoms with Gasteiger partial charge < -0.3 is 10.2 Å². The first-order valence-electron chi connectivity index (χ1n) is 7.96. The number of halogens is 2. The number of amides is 2. The molecule has 2 aromatic carbocycles. The van der Waals surface area contributed by atoms with E-state index in [-0.39, 0.29) is 29.8 Å². The van der Waals surface area contributed by atoms with Crippen molar-refractivity contribution in [2.75, 3.05) is 16.8 Å². The highest BCUT2D eigenvalue weighted by atomic mass is 35.5. The molecule has 0 unspecified atom stereocenters. The van der Waals surface area contributed by atoms with E-state index >= 15 is 0 Å². The van der Waals surface area contributed by atoms with Gasteiger partial charge in [-0.3, -0.25) is 9.59 Å². The highest BCUT2D eigenvalue weighted by Crippen LogP contribution is 2.29. The van der Waals surface area contributed by atoms with Crippen molar-refractivity contribution < 1.29 is 9.59 Å². The molecule has 1 heterocycles. The molecular formula is C19H15Cl2N3O2. The van der Waals surface area contributed by atoms with Crippen molar-refractivity contribution in [3.8, 4) is 6.07 Å². The standard InChI is InChI=1S/C19H15Cl2N3O2/c1-11-2-5-15(8-16(11)20)24-10-13(6-18(24)25)19(26)23-14-4-3-12(9-22)17(21)7-14/h2-5,7-8,13H,6,10H2,1H3,(H,23,26)/t13-/m0/s1. The van der Waals surface area contributed by atoms with Crippen molar-refractivity contribution in [3.63, 3.8) is 0 Å². The molecule has 0 bridgehead atoms. The largest absolute Gasteiger partial charge is 0.326 e. The molecule has 1 aliphatic heterocycles. The number of rotatable bonds is 3. The summed E-state index contributed by atoms with van der Waals surface area (Å²) in [4.78, 5) is 26.4. The maximum atomic E-state index is 12.5. The Bertz CT molecular complexity index is 937. The predicted octanol–water partition coefficient (Wildman–Crippen LogP) is 4.17. The lowest BCUT2D eigenvalue weighted by atomic mass is 10.1. The van der Waals surface area contributed by atoms with Gasteiger partial charge in [0.1, 0.15) is 6.07 Å². The number of hydrogen-bond donors (Lipinski definition) is 1. The lowest BCUT2D eigenvalue weighted by molar-refractivity contribution is -0.122. The van der Waals surface area contributed by atoms with Crippen LogP contribution in [0.5, 0.6) is 0 Å². The summed E-state index contributed by atoms with van der Waals surface area (Å²) in [5, 5.41) is 12.5. The first kappa shape index (κ1) is 18.2. The molecule has 1 aliphatic rings. The number of aryl methyl sites for hydroxylation is 1. The second-order valence-electron chi connectivity index (χ2n) is 6.13. The van der Waals surface area contributed by atoms with E-state index in [0.29, 0.717) is 22.0 Å².